The Kier molecular flexibility index (Phi) is 8.56. The van der Waals surface area contributed by atoms with E-state index in [0.717, 1.165) is 18.8 Å². The third-order valence-electron chi connectivity index (χ3n) is 5.24. The summed E-state index contributed by atoms with van der Waals surface area (Å²) >= 11 is 5.11. The number of thiocarbonyl (C=S) groups is 1. The SMILES string of the molecule is CCN(CC)c1ccc(NS(=O)(=O)c2ccc(NC(=S)NC(=O)c3ccccc3[N+](=O)[O-])cc2)cc1. The summed E-state index contributed by atoms with van der Waals surface area (Å²) in [6.45, 7) is 5.80. The van der Waals surface area contributed by atoms with Crippen LogP contribution in [0.25, 0.3) is 0 Å². The van der Waals surface area contributed by atoms with E-state index in [0.29, 0.717) is 11.4 Å². The topological polar surface area (TPSA) is 134 Å². The monoisotopic (exact) mass is 527 g/mol. The van der Waals surface area contributed by atoms with E-state index in [4.69, 9.17) is 12.2 Å². The lowest BCUT2D eigenvalue weighted by Crippen LogP contribution is -2.34. The molecule has 188 valence electrons. The van der Waals surface area contributed by atoms with Gasteiger partial charge in [0, 0.05) is 36.2 Å². The van der Waals surface area contributed by atoms with Gasteiger partial charge in [-0.1, -0.05) is 12.1 Å². The summed E-state index contributed by atoms with van der Waals surface area (Å²) in [5.41, 5.74) is 1.38. The van der Waals surface area contributed by atoms with Crippen molar-refractivity contribution in [3.05, 3.63) is 88.5 Å². The Labute approximate surface area is 214 Å². The first kappa shape index (κ1) is 26.6. The van der Waals surface area contributed by atoms with Crippen molar-refractivity contribution in [2.45, 2.75) is 18.7 Å². The molecule has 0 aliphatic carbocycles. The van der Waals surface area contributed by atoms with Gasteiger partial charge in [0.25, 0.3) is 21.6 Å². The second kappa shape index (κ2) is 11.6. The third kappa shape index (κ3) is 6.55. The highest BCUT2D eigenvalue weighted by Gasteiger charge is 2.20. The first-order chi connectivity index (χ1) is 17.1. The van der Waals surface area contributed by atoms with Crippen LogP contribution in [0.5, 0.6) is 0 Å². The lowest BCUT2D eigenvalue weighted by atomic mass is 10.1. The molecule has 0 aliphatic rings. The molecule has 0 aliphatic heterocycles. The first-order valence-electron chi connectivity index (χ1n) is 11.0. The van der Waals surface area contributed by atoms with Crippen LogP contribution in [0.2, 0.25) is 0 Å². The maximum absolute atomic E-state index is 12.8. The lowest BCUT2D eigenvalue weighted by molar-refractivity contribution is -0.385. The Balaban J connectivity index is 1.63. The number of carbonyl (C=O) groups excluding carboxylic acids is 1. The van der Waals surface area contributed by atoms with Crippen LogP contribution in [0.15, 0.2) is 77.7 Å². The molecule has 0 atom stereocenters. The summed E-state index contributed by atoms with van der Waals surface area (Å²) in [7, 11) is -3.83. The second-order valence-corrected chi connectivity index (χ2v) is 9.62. The molecule has 0 bridgehead atoms. The zero-order chi connectivity index (χ0) is 26.3. The van der Waals surface area contributed by atoms with Gasteiger partial charge in [0.15, 0.2) is 5.11 Å². The zero-order valence-corrected chi connectivity index (χ0v) is 21.2. The predicted octanol–water partition coefficient (Wildman–Crippen LogP) is 4.37. The Morgan fingerprint density at radius 1 is 0.944 bits per heavy atom. The van der Waals surface area contributed by atoms with E-state index in [9.17, 15) is 23.3 Å². The fourth-order valence-corrected chi connectivity index (χ4v) is 4.69. The molecule has 0 spiro atoms. The molecule has 36 heavy (non-hydrogen) atoms. The average molecular weight is 528 g/mol. The summed E-state index contributed by atoms with van der Waals surface area (Å²) < 4.78 is 28.1. The van der Waals surface area contributed by atoms with E-state index in [1.807, 2.05) is 12.1 Å². The van der Waals surface area contributed by atoms with Crippen molar-refractivity contribution in [3.8, 4) is 0 Å². The van der Waals surface area contributed by atoms with Crippen LogP contribution in [0.3, 0.4) is 0 Å². The van der Waals surface area contributed by atoms with Crippen LogP contribution < -0.4 is 20.3 Å². The van der Waals surface area contributed by atoms with Crippen molar-refractivity contribution in [2.24, 2.45) is 0 Å². The number of para-hydroxylation sites is 1. The Morgan fingerprint density at radius 3 is 2.11 bits per heavy atom. The molecule has 3 rings (SSSR count). The smallest absolute Gasteiger partial charge is 0.282 e. The number of benzene rings is 3. The van der Waals surface area contributed by atoms with Crippen molar-refractivity contribution in [1.82, 2.24) is 5.32 Å². The molecular weight excluding hydrogens is 502 g/mol. The summed E-state index contributed by atoms with van der Waals surface area (Å²) in [5.74, 6) is -0.741. The minimum atomic E-state index is -3.83. The molecule has 0 aromatic heterocycles. The van der Waals surface area contributed by atoms with Gasteiger partial charge in [-0.2, -0.15) is 0 Å². The van der Waals surface area contributed by atoms with Crippen LogP contribution in [-0.2, 0) is 10.0 Å². The summed E-state index contributed by atoms with van der Waals surface area (Å²) in [6.07, 6.45) is 0. The van der Waals surface area contributed by atoms with Crippen LogP contribution in [-0.4, -0.2) is 37.5 Å². The van der Waals surface area contributed by atoms with Crippen molar-refractivity contribution >= 4 is 56.0 Å². The number of nitro benzene ring substituents is 1. The van der Waals surface area contributed by atoms with Crippen LogP contribution >= 0.6 is 12.2 Å². The van der Waals surface area contributed by atoms with Gasteiger partial charge in [-0.05, 0) is 80.7 Å². The Bertz CT molecular complexity index is 1360. The summed E-state index contributed by atoms with van der Waals surface area (Å²) in [6, 6.07) is 18.4. The number of nitro groups is 1. The third-order valence-corrected chi connectivity index (χ3v) is 6.84. The van der Waals surface area contributed by atoms with Crippen LogP contribution in [0.4, 0.5) is 22.7 Å². The van der Waals surface area contributed by atoms with Crippen molar-refractivity contribution in [3.63, 3.8) is 0 Å². The molecular formula is C24H25N5O5S2. The molecule has 10 nitrogen and oxygen atoms in total. The summed E-state index contributed by atoms with van der Waals surface area (Å²) in [5, 5.41) is 16.2. The van der Waals surface area contributed by atoms with Crippen LogP contribution in [0, 0.1) is 10.1 Å². The van der Waals surface area contributed by atoms with E-state index in [2.05, 4.69) is 34.1 Å². The average Bonchev–Trinajstić information content (AvgIpc) is 2.85. The van der Waals surface area contributed by atoms with Gasteiger partial charge in [-0.3, -0.25) is 24.9 Å². The van der Waals surface area contributed by atoms with Crippen molar-refractivity contribution in [1.29, 1.82) is 0 Å². The van der Waals surface area contributed by atoms with E-state index in [1.165, 1.54) is 48.5 Å². The molecule has 0 unspecified atom stereocenters. The standard InChI is InChI=1S/C24H25N5O5S2/c1-3-28(4-2)19-13-9-18(10-14-19)27-36(33,34)20-15-11-17(12-16-20)25-24(35)26-23(30)21-7-5-6-8-22(21)29(31)32/h5-16,27H,3-4H2,1-2H3,(H2,25,26,30,35). The molecule has 12 heteroatoms. The van der Waals surface area contributed by atoms with Gasteiger partial charge >= 0.3 is 0 Å². The predicted molar refractivity (Wildman–Crippen MR) is 144 cm³/mol. The molecule has 0 radical (unpaired) electrons. The van der Waals surface area contributed by atoms with E-state index in [-0.39, 0.29) is 21.3 Å². The quantitative estimate of drug-likeness (QED) is 0.212. The van der Waals surface area contributed by atoms with Gasteiger partial charge in [-0.25, -0.2) is 8.42 Å². The highest BCUT2D eigenvalue weighted by Crippen LogP contribution is 2.22. The normalized spacial score (nSPS) is 10.8. The number of carbonyl (C=O) groups is 1. The van der Waals surface area contributed by atoms with E-state index >= 15 is 0 Å². The fraction of sp³-hybridized carbons (Fsp3) is 0.167. The van der Waals surface area contributed by atoms with Gasteiger partial charge < -0.3 is 10.2 Å². The highest BCUT2D eigenvalue weighted by molar-refractivity contribution is 7.92. The zero-order valence-electron chi connectivity index (χ0n) is 19.6. The highest BCUT2D eigenvalue weighted by atomic mass is 32.2. The minimum Gasteiger partial charge on any atom is -0.372 e. The van der Waals surface area contributed by atoms with Gasteiger partial charge in [-0.15, -0.1) is 0 Å². The molecule has 0 fully saturated rings. The van der Waals surface area contributed by atoms with Crippen molar-refractivity contribution < 1.29 is 18.1 Å². The molecule has 0 saturated heterocycles. The molecule has 0 heterocycles. The Morgan fingerprint density at radius 2 is 1.53 bits per heavy atom. The number of nitrogens with one attached hydrogen (secondary N) is 3. The minimum absolute atomic E-state index is 0.0377. The number of sulfonamides is 1. The van der Waals surface area contributed by atoms with E-state index in [1.54, 1.807) is 12.1 Å². The molecule has 3 aromatic carbocycles. The summed E-state index contributed by atoms with van der Waals surface area (Å²) in [4.78, 5) is 25.0. The number of nitrogens with zero attached hydrogens (tertiary/aromatic N) is 2. The number of hydrogen-bond acceptors (Lipinski definition) is 7. The number of rotatable bonds is 9. The number of amides is 1. The molecule has 0 saturated carbocycles. The molecule has 1 amide bonds. The first-order valence-corrected chi connectivity index (χ1v) is 12.9. The lowest BCUT2D eigenvalue weighted by Gasteiger charge is -2.21. The molecule has 3 aromatic rings. The maximum atomic E-state index is 12.8. The largest absolute Gasteiger partial charge is 0.372 e. The molecule has 3 N–H and O–H groups in total. The maximum Gasteiger partial charge on any atom is 0.282 e. The van der Waals surface area contributed by atoms with E-state index < -0.39 is 20.9 Å². The van der Waals surface area contributed by atoms with Gasteiger partial charge in [0.1, 0.15) is 5.56 Å². The van der Waals surface area contributed by atoms with Crippen LogP contribution in [0.1, 0.15) is 24.2 Å². The van der Waals surface area contributed by atoms with Gasteiger partial charge in [0.05, 0.1) is 9.82 Å². The second-order valence-electron chi connectivity index (χ2n) is 7.53. The fourth-order valence-electron chi connectivity index (χ4n) is 3.42. The number of anilines is 3. The Hall–Kier alpha value is -4.03. The number of hydrogen-bond donors (Lipinski definition) is 3. The van der Waals surface area contributed by atoms with Gasteiger partial charge in [0.2, 0.25) is 0 Å². The van der Waals surface area contributed by atoms with Crippen molar-refractivity contribution in [2.75, 3.05) is 28.0 Å².